The van der Waals surface area contributed by atoms with Gasteiger partial charge in [-0.3, -0.25) is 4.79 Å². The van der Waals surface area contributed by atoms with Gasteiger partial charge in [0.25, 0.3) is 0 Å². The molecule has 6 heteroatoms. The van der Waals surface area contributed by atoms with Gasteiger partial charge in [-0.1, -0.05) is 6.07 Å². The standard InChI is InChI=1S/C11H12F3NO2/c1-17-10(16)6-5-7-8(11(12,13)14)3-2-4-9(7)15/h2-4H,5-6,15H2,1H3. The van der Waals surface area contributed by atoms with Crippen LogP contribution in [0.5, 0.6) is 0 Å². The number of rotatable bonds is 3. The van der Waals surface area contributed by atoms with E-state index in [0.717, 1.165) is 6.07 Å². The highest BCUT2D eigenvalue weighted by Crippen LogP contribution is 2.34. The zero-order valence-electron chi connectivity index (χ0n) is 9.17. The van der Waals surface area contributed by atoms with Gasteiger partial charge in [0.2, 0.25) is 0 Å². The molecule has 0 unspecified atom stereocenters. The van der Waals surface area contributed by atoms with Crippen molar-refractivity contribution < 1.29 is 22.7 Å². The molecule has 0 fully saturated rings. The Morgan fingerprint density at radius 3 is 2.59 bits per heavy atom. The molecular formula is C11H12F3NO2. The molecule has 0 bridgehead atoms. The third-order valence-electron chi connectivity index (χ3n) is 2.32. The highest BCUT2D eigenvalue weighted by molar-refractivity contribution is 5.70. The summed E-state index contributed by atoms with van der Waals surface area (Å²) in [5.41, 5.74) is 4.66. The maximum absolute atomic E-state index is 12.7. The number of ether oxygens (including phenoxy) is 1. The number of nitrogen functional groups attached to an aromatic ring is 1. The second-order valence-electron chi connectivity index (χ2n) is 3.45. The van der Waals surface area contributed by atoms with Crippen LogP contribution in [-0.4, -0.2) is 13.1 Å². The van der Waals surface area contributed by atoms with E-state index in [-0.39, 0.29) is 24.1 Å². The molecule has 1 aromatic carbocycles. The normalized spacial score (nSPS) is 11.3. The Kier molecular flexibility index (Phi) is 3.98. The van der Waals surface area contributed by atoms with Gasteiger partial charge in [0.15, 0.2) is 0 Å². The molecule has 94 valence electrons. The molecule has 1 rings (SSSR count). The van der Waals surface area contributed by atoms with Crippen molar-refractivity contribution in [3.05, 3.63) is 29.3 Å². The number of nitrogens with two attached hydrogens (primary N) is 1. The fourth-order valence-corrected chi connectivity index (χ4v) is 1.48. The van der Waals surface area contributed by atoms with Gasteiger partial charge >= 0.3 is 12.1 Å². The van der Waals surface area contributed by atoms with E-state index in [9.17, 15) is 18.0 Å². The van der Waals surface area contributed by atoms with E-state index in [2.05, 4.69) is 4.74 Å². The van der Waals surface area contributed by atoms with Gasteiger partial charge in [0.1, 0.15) is 0 Å². The first-order valence-corrected chi connectivity index (χ1v) is 4.87. The molecule has 0 atom stereocenters. The minimum Gasteiger partial charge on any atom is -0.469 e. The number of methoxy groups -OCH3 is 1. The quantitative estimate of drug-likeness (QED) is 0.659. The van der Waals surface area contributed by atoms with Gasteiger partial charge < -0.3 is 10.5 Å². The fraction of sp³-hybridized carbons (Fsp3) is 0.364. The Labute approximate surface area is 96.4 Å². The lowest BCUT2D eigenvalue weighted by Crippen LogP contribution is -2.13. The Morgan fingerprint density at radius 1 is 1.41 bits per heavy atom. The molecule has 0 aliphatic heterocycles. The Morgan fingerprint density at radius 2 is 2.06 bits per heavy atom. The van der Waals surface area contributed by atoms with Crippen molar-refractivity contribution in [3.63, 3.8) is 0 Å². The number of esters is 1. The molecule has 3 nitrogen and oxygen atoms in total. The van der Waals surface area contributed by atoms with Gasteiger partial charge in [-0.25, -0.2) is 0 Å². The smallest absolute Gasteiger partial charge is 0.416 e. The second-order valence-corrected chi connectivity index (χ2v) is 3.45. The average Bonchev–Trinajstić information content (AvgIpc) is 2.25. The van der Waals surface area contributed by atoms with Crippen molar-refractivity contribution >= 4 is 11.7 Å². The third kappa shape index (κ3) is 3.37. The lowest BCUT2D eigenvalue weighted by molar-refractivity contribution is -0.142. The van der Waals surface area contributed by atoms with Crippen LogP contribution in [0.25, 0.3) is 0 Å². The Balaban J connectivity index is 3.00. The predicted molar refractivity (Wildman–Crippen MR) is 56.2 cm³/mol. The fourth-order valence-electron chi connectivity index (χ4n) is 1.48. The topological polar surface area (TPSA) is 52.3 Å². The summed E-state index contributed by atoms with van der Waals surface area (Å²) < 4.78 is 42.4. The lowest BCUT2D eigenvalue weighted by Gasteiger charge is -2.14. The largest absolute Gasteiger partial charge is 0.469 e. The number of alkyl halides is 3. The number of hydrogen-bond acceptors (Lipinski definition) is 3. The van der Waals surface area contributed by atoms with E-state index >= 15 is 0 Å². The summed E-state index contributed by atoms with van der Waals surface area (Å²) in [7, 11) is 1.18. The molecule has 0 heterocycles. The van der Waals surface area contributed by atoms with Crippen molar-refractivity contribution in [3.8, 4) is 0 Å². The summed E-state index contributed by atoms with van der Waals surface area (Å²) in [4.78, 5) is 10.9. The van der Waals surface area contributed by atoms with E-state index < -0.39 is 17.7 Å². The molecule has 0 amide bonds. The van der Waals surface area contributed by atoms with Crippen LogP contribution in [0.2, 0.25) is 0 Å². The molecule has 0 radical (unpaired) electrons. The van der Waals surface area contributed by atoms with Gasteiger partial charge in [0, 0.05) is 12.1 Å². The van der Waals surface area contributed by atoms with Crippen LogP contribution in [0, 0.1) is 0 Å². The van der Waals surface area contributed by atoms with Gasteiger partial charge in [-0.05, 0) is 24.1 Å². The van der Waals surface area contributed by atoms with Crippen molar-refractivity contribution in [1.29, 1.82) is 0 Å². The molecular weight excluding hydrogens is 235 g/mol. The third-order valence-corrected chi connectivity index (χ3v) is 2.32. The van der Waals surface area contributed by atoms with Crippen LogP contribution in [0.3, 0.4) is 0 Å². The number of carbonyl (C=O) groups excluding carboxylic acids is 1. The number of hydrogen-bond donors (Lipinski definition) is 1. The molecule has 17 heavy (non-hydrogen) atoms. The molecule has 0 saturated heterocycles. The predicted octanol–water partition coefficient (Wildman–Crippen LogP) is 2.39. The van der Waals surface area contributed by atoms with Crippen LogP contribution < -0.4 is 5.73 Å². The minimum atomic E-state index is -4.47. The molecule has 0 saturated carbocycles. The summed E-state index contributed by atoms with van der Waals surface area (Å²) in [6.07, 6.45) is -4.69. The Hall–Kier alpha value is -1.72. The summed E-state index contributed by atoms with van der Waals surface area (Å²) in [6, 6.07) is 3.56. The first-order chi connectivity index (χ1) is 7.86. The maximum Gasteiger partial charge on any atom is 0.416 e. The second kappa shape index (κ2) is 5.07. The summed E-state index contributed by atoms with van der Waals surface area (Å²) in [5, 5.41) is 0. The molecule has 0 aliphatic rings. The van der Waals surface area contributed by atoms with Gasteiger partial charge in [-0.15, -0.1) is 0 Å². The van der Waals surface area contributed by atoms with E-state index in [1.165, 1.54) is 19.2 Å². The van der Waals surface area contributed by atoms with Crippen molar-refractivity contribution in [2.45, 2.75) is 19.0 Å². The number of anilines is 1. The SMILES string of the molecule is COC(=O)CCc1c(N)cccc1C(F)(F)F. The first-order valence-electron chi connectivity index (χ1n) is 4.87. The van der Waals surface area contributed by atoms with Crippen LogP contribution in [-0.2, 0) is 22.1 Å². The van der Waals surface area contributed by atoms with Crippen LogP contribution >= 0.6 is 0 Å². The molecule has 0 spiro atoms. The highest BCUT2D eigenvalue weighted by Gasteiger charge is 2.33. The van der Waals surface area contributed by atoms with Crippen LogP contribution in [0.4, 0.5) is 18.9 Å². The van der Waals surface area contributed by atoms with Gasteiger partial charge in [0.05, 0.1) is 12.7 Å². The van der Waals surface area contributed by atoms with Crippen molar-refractivity contribution in [2.75, 3.05) is 12.8 Å². The van der Waals surface area contributed by atoms with E-state index in [1.54, 1.807) is 0 Å². The van der Waals surface area contributed by atoms with Crippen molar-refractivity contribution in [1.82, 2.24) is 0 Å². The Bertz CT molecular complexity index is 416. The zero-order valence-corrected chi connectivity index (χ0v) is 9.17. The first kappa shape index (κ1) is 13.3. The summed E-state index contributed by atoms with van der Waals surface area (Å²) in [5.74, 6) is -0.568. The molecule has 1 aromatic rings. The van der Waals surface area contributed by atoms with E-state index in [1.807, 2.05) is 0 Å². The van der Waals surface area contributed by atoms with Crippen LogP contribution in [0.15, 0.2) is 18.2 Å². The maximum atomic E-state index is 12.7. The minimum absolute atomic E-state index is 0.0312. The molecule has 2 N–H and O–H groups in total. The molecule has 0 aromatic heterocycles. The lowest BCUT2D eigenvalue weighted by atomic mass is 10.0. The van der Waals surface area contributed by atoms with E-state index in [4.69, 9.17) is 5.73 Å². The van der Waals surface area contributed by atoms with E-state index in [0.29, 0.717) is 0 Å². The summed E-state index contributed by atoms with van der Waals surface area (Å²) in [6.45, 7) is 0. The van der Waals surface area contributed by atoms with Crippen LogP contribution in [0.1, 0.15) is 17.5 Å². The molecule has 0 aliphatic carbocycles. The van der Waals surface area contributed by atoms with Gasteiger partial charge in [-0.2, -0.15) is 13.2 Å². The summed E-state index contributed by atoms with van der Waals surface area (Å²) >= 11 is 0. The number of benzene rings is 1. The highest BCUT2D eigenvalue weighted by atomic mass is 19.4. The number of carbonyl (C=O) groups is 1. The number of halogens is 3. The monoisotopic (exact) mass is 247 g/mol. The average molecular weight is 247 g/mol. The van der Waals surface area contributed by atoms with Crippen molar-refractivity contribution in [2.24, 2.45) is 0 Å². The zero-order chi connectivity index (χ0) is 13.1.